The number of carbonyl (C=O) groups excluding carboxylic acids is 1. The van der Waals surface area contributed by atoms with Crippen molar-refractivity contribution in [3.8, 4) is 0 Å². The fourth-order valence-electron chi connectivity index (χ4n) is 4.43. The molecule has 6 nitrogen and oxygen atoms in total. The molecule has 1 saturated heterocycles. The predicted octanol–water partition coefficient (Wildman–Crippen LogP) is 2.03. The lowest BCUT2D eigenvalue weighted by atomic mass is 9.76. The van der Waals surface area contributed by atoms with Crippen molar-refractivity contribution in [1.82, 2.24) is 25.3 Å². The molecule has 0 bridgehead atoms. The van der Waals surface area contributed by atoms with E-state index in [-0.39, 0.29) is 12.1 Å². The third kappa shape index (κ3) is 3.43. The molecule has 3 rings (SSSR count). The second-order valence-corrected chi connectivity index (χ2v) is 7.16. The summed E-state index contributed by atoms with van der Waals surface area (Å²) < 4.78 is 0. The summed E-state index contributed by atoms with van der Waals surface area (Å²) in [5.41, 5.74) is 2.67. The fraction of sp³-hybridized carbons (Fsp3) is 0.778. The van der Waals surface area contributed by atoms with E-state index in [1.165, 1.54) is 11.3 Å². The van der Waals surface area contributed by atoms with Crippen LogP contribution >= 0.6 is 0 Å². The number of piperidine rings is 1. The molecular formula is C18H31N5O. The van der Waals surface area contributed by atoms with Crippen molar-refractivity contribution >= 4 is 6.03 Å². The minimum atomic E-state index is 0.0814. The van der Waals surface area contributed by atoms with Crippen LogP contribution in [0.2, 0.25) is 0 Å². The van der Waals surface area contributed by atoms with E-state index in [4.69, 9.17) is 0 Å². The lowest BCUT2D eigenvalue weighted by Crippen LogP contribution is -2.59. The van der Waals surface area contributed by atoms with Crippen molar-refractivity contribution in [3.63, 3.8) is 0 Å². The number of nitrogens with zero attached hydrogens (tertiary/aromatic N) is 3. The Morgan fingerprint density at radius 2 is 2.17 bits per heavy atom. The first kappa shape index (κ1) is 17.3. The van der Waals surface area contributed by atoms with Crippen molar-refractivity contribution in [1.29, 1.82) is 0 Å². The second kappa shape index (κ2) is 7.55. The van der Waals surface area contributed by atoms with Gasteiger partial charge in [0, 0.05) is 37.4 Å². The molecule has 3 unspecified atom stereocenters. The molecule has 24 heavy (non-hydrogen) atoms. The number of rotatable bonds is 5. The Morgan fingerprint density at radius 3 is 2.88 bits per heavy atom. The summed E-state index contributed by atoms with van der Waals surface area (Å²) in [4.78, 5) is 16.9. The molecule has 2 aliphatic rings. The van der Waals surface area contributed by atoms with Crippen LogP contribution in [0.25, 0.3) is 0 Å². The van der Waals surface area contributed by atoms with Crippen LogP contribution in [0.1, 0.15) is 44.9 Å². The van der Waals surface area contributed by atoms with Crippen LogP contribution < -0.4 is 5.32 Å². The molecule has 3 atom stereocenters. The number of nitrogens with one attached hydrogen (secondary N) is 2. The second-order valence-electron chi connectivity index (χ2n) is 7.16. The summed E-state index contributed by atoms with van der Waals surface area (Å²) in [7, 11) is 0. The van der Waals surface area contributed by atoms with Gasteiger partial charge in [0.1, 0.15) is 0 Å². The third-order valence-corrected chi connectivity index (χ3v) is 5.65. The number of amides is 2. The summed E-state index contributed by atoms with van der Waals surface area (Å²) >= 11 is 0. The summed E-state index contributed by atoms with van der Waals surface area (Å²) in [5.74, 6) is 0.597. The first-order valence-electron chi connectivity index (χ1n) is 9.46. The Bertz CT molecular complexity index is 553. The molecule has 1 fully saturated rings. The molecule has 1 aromatic rings. The largest absolute Gasteiger partial charge is 0.334 e. The van der Waals surface area contributed by atoms with Crippen molar-refractivity contribution in [2.24, 2.45) is 5.92 Å². The third-order valence-electron chi connectivity index (χ3n) is 5.65. The normalized spacial score (nSPS) is 26.5. The topological polar surface area (TPSA) is 64.3 Å². The summed E-state index contributed by atoms with van der Waals surface area (Å²) in [6, 6.07) is 0.921. The van der Waals surface area contributed by atoms with Crippen molar-refractivity contribution in [2.75, 3.05) is 26.2 Å². The molecule has 1 aliphatic heterocycles. The highest BCUT2D eigenvalue weighted by atomic mass is 16.2. The maximum Gasteiger partial charge on any atom is 0.317 e. The van der Waals surface area contributed by atoms with Crippen LogP contribution in [0.4, 0.5) is 4.79 Å². The molecule has 1 aliphatic carbocycles. The Hall–Kier alpha value is -1.56. The van der Waals surface area contributed by atoms with E-state index in [1.54, 1.807) is 0 Å². The number of urea groups is 1. The number of aromatic amines is 1. The van der Waals surface area contributed by atoms with Crippen molar-refractivity contribution < 1.29 is 4.79 Å². The van der Waals surface area contributed by atoms with Gasteiger partial charge in [0.05, 0.1) is 6.20 Å². The lowest BCUT2D eigenvalue weighted by molar-refractivity contribution is 0.0631. The smallest absolute Gasteiger partial charge is 0.317 e. The highest BCUT2D eigenvalue weighted by Crippen LogP contribution is 2.34. The number of hydrogen-bond donors (Lipinski definition) is 2. The van der Waals surface area contributed by atoms with Crippen molar-refractivity contribution in [2.45, 2.75) is 58.5 Å². The van der Waals surface area contributed by atoms with E-state index < -0.39 is 0 Å². The number of fused-ring (bicyclic) bond motifs is 2. The molecule has 134 valence electrons. The summed E-state index contributed by atoms with van der Waals surface area (Å²) in [6.45, 7) is 9.89. The Labute approximate surface area is 145 Å². The molecule has 2 N–H and O–H groups in total. The Morgan fingerprint density at radius 1 is 1.38 bits per heavy atom. The molecule has 2 heterocycles. The van der Waals surface area contributed by atoms with Gasteiger partial charge in [-0.2, -0.15) is 5.10 Å². The van der Waals surface area contributed by atoms with Gasteiger partial charge in [0.25, 0.3) is 0 Å². The van der Waals surface area contributed by atoms with Gasteiger partial charge in [-0.1, -0.05) is 6.92 Å². The van der Waals surface area contributed by atoms with E-state index in [9.17, 15) is 4.79 Å². The van der Waals surface area contributed by atoms with Gasteiger partial charge in [-0.05, 0) is 57.6 Å². The van der Waals surface area contributed by atoms with E-state index in [1.807, 2.05) is 24.9 Å². The molecule has 0 radical (unpaired) electrons. The quantitative estimate of drug-likeness (QED) is 0.866. The van der Waals surface area contributed by atoms with E-state index in [0.717, 1.165) is 51.9 Å². The molecule has 0 aromatic carbocycles. The number of carbonyl (C=O) groups is 1. The number of likely N-dealkylation sites (tertiary alicyclic amines) is 1. The zero-order valence-electron chi connectivity index (χ0n) is 15.2. The first-order valence-corrected chi connectivity index (χ1v) is 9.46. The van der Waals surface area contributed by atoms with Gasteiger partial charge in [0.15, 0.2) is 0 Å². The minimum Gasteiger partial charge on any atom is -0.334 e. The van der Waals surface area contributed by atoms with Gasteiger partial charge in [-0.3, -0.25) is 10.00 Å². The molecule has 0 spiro atoms. The van der Waals surface area contributed by atoms with Crippen LogP contribution in [0.5, 0.6) is 0 Å². The van der Waals surface area contributed by atoms with Crippen LogP contribution in [0.15, 0.2) is 6.20 Å². The van der Waals surface area contributed by atoms with Gasteiger partial charge in [-0.25, -0.2) is 4.79 Å². The first-order chi connectivity index (χ1) is 11.7. The van der Waals surface area contributed by atoms with E-state index in [2.05, 4.69) is 27.3 Å². The highest BCUT2D eigenvalue weighted by molar-refractivity contribution is 5.74. The van der Waals surface area contributed by atoms with Crippen LogP contribution in [-0.4, -0.2) is 64.3 Å². The molecule has 1 aromatic heterocycles. The maximum atomic E-state index is 12.4. The van der Waals surface area contributed by atoms with Crippen molar-refractivity contribution in [3.05, 3.63) is 17.5 Å². The average Bonchev–Trinajstić information content (AvgIpc) is 3.01. The Balaban J connectivity index is 1.70. The van der Waals surface area contributed by atoms with Crippen LogP contribution in [-0.2, 0) is 12.8 Å². The zero-order chi connectivity index (χ0) is 17.1. The van der Waals surface area contributed by atoms with Crippen LogP contribution in [0.3, 0.4) is 0 Å². The van der Waals surface area contributed by atoms with Gasteiger partial charge in [-0.15, -0.1) is 0 Å². The minimum absolute atomic E-state index is 0.0814. The molecule has 6 heteroatoms. The molecular weight excluding hydrogens is 302 g/mol. The zero-order valence-corrected chi connectivity index (χ0v) is 15.2. The maximum absolute atomic E-state index is 12.4. The number of aromatic nitrogens is 2. The van der Waals surface area contributed by atoms with Gasteiger partial charge in [0.2, 0.25) is 0 Å². The number of H-pyrrole nitrogens is 1. The standard InChI is InChI=1S/C18H31N5O/c1-4-7-23-12-15(20-18(24)22(5-2)6-3)8-13-9-16-14(10-17(13)23)11-19-21-16/h11,13,15,17H,4-10,12H2,1-3H3,(H,19,21)(H,20,24). The highest BCUT2D eigenvalue weighted by Gasteiger charge is 2.40. The van der Waals surface area contributed by atoms with E-state index >= 15 is 0 Å². The van der Waals surface area contributed by atoms with Gasteiger partial charge >= 0.3 is 6.03 Å². The predicted molar refractivity (Wildman–Crippen MR) is 95.0 cm³/mol. The molecule has 2 amide bonds. The Kier molecular flexibility index (Phi) is 5.43. The van der Waals surface area contributed by atoms with E-state index in [0.29, 0.717) is 12.0 Å². The fourth-order valence-corrected chi connectivity index (χ4v) is 4.43. The SMILES string of the molecule is CCCN1CC(NC(=O)N(CC)CC)CC2Cc3[nH]ncc3CC21. The number of hydrogen-bond acceptors (Lipinski definition) is 3. The van der Waals surface area contributed by atoms with Gasteiger partial charge < -0.3 is 10.2 Å². The summed E-state index contributed by atoms with van der Waals surface area (Å²) in [5, 5.41) is 10.7. The summed E-state index contributed by atoms with van der Waals surface area (Å²) in [6.07, 6.45) is 6.35. The molecule has 0 saturated carbocycles. The average molecular weight is 333 g/mol. The van der Waals surface area contributed by atoms with Crippen LogP contribution in [0, 0.1) is 5.92 Å². The lowest BCUT2D eigenvalue weighted by Gasteiger charge is -2.47. The monoisotopic (exact) mass is 333 g/mol.